The maximum Gasteiger partial charge on any atom is 0.252 e. The third-order valence-corrected chi connectivity index (χ3v) is 4.02. The van der Waals surface area contributed by atoms with Crippen molar-refractivity contribution in [2.75, 3.05) is 31.1 Å². The average Bonchev–Trinajstić information content (AvgIpc) is 3.09. The molecule has 0 spiro atoms. The standard InChI is InChI=1S/C13H16ClN5O/c14-11-7-10(12(15)20)13(17-16-11)19-6-3-9(8-19)18-4-1-2-5-18/h1-2,7,9H,3-6,8H2,(H2,15,20). The van der Waals surface area contributed by atoms with E-state index in [9.17, 15) is 4.79 Å². The lowest BCUT2D eigenvalue weighted by Crippen LogP contribution is -2.36. The van der Waals surface area contributed by atoms with Gasteiger partial charge in [-0.1, -0.05) is 23.8 Å². The van der Waals surface area contributed by atoms with Crippen molar-refractivity contribution in [1.29, 1.82) is 0 Å². The fourth-order valence-electron chi connectivity index (χ4n) is 2.80. The van der Waals surface area contributed by atoms with Crippen molar-refractivity contribution in [3.05, 3.63) is 28.9 Å². The van der Waals surface area contributed by atoms with Gasteiger partial charge in [0.25, 0.3) is 5.91 Å². The zero-order valence-electron chi connectivity index (χ0n) is 11.0. The zero-order chi connectivity index (χ0) is 14.1. The van der Waals surface area contributed by atoms with Crippen molar-refractivity contribution in [1.82, 2.24) is 15.1 Å². The summed E-state index contributed by atoms with van der Waals surface area (Å²) < 4.78 is 0. The molecule has 6 nitrogen and oxygen atoms in total. The van der Waals surface area contributed by atoms with Crippen LogP contribution in [0, 0.1) is 0 Å². The maximum absolute atomic E-state index is 11.5. The number of carbonyl (C=O) groups excluding carboxylic acids is 1. The molecule has 1 amide bonds. The molecule has 0 aromatic carbocycles. The highest BCUT2D eigenvalue weighted by atomic mass is 35.5. The second kappa shape index (κ2) is 5.38. The summed E-state index contributed by atoms with van der Waals surface area (Å²) in [4.78, 5) is 16.0. The van der Waals surface area contributed by atoms with Crippen molar-refractivity contribution in [2.45, 2.75) is 12.5 Å². The van der Waals surface area contributed by atoms with Gasteiger partial charge in [0, 0.05) is 32.2 Å². The van der Waals surface area contributed by atoms with Crippen molar-refractivity contribution in [3.8, 4) is 0 Å². The lowest BCUT2D eigenvalue weighted by Gasteiger charge is -2.24. The highest BCUT2D eigenvalue weighted by Crippen LogP contribution is 2.25. The fraction of sp³-hybridized carbons (Fsp3) is 0.462. The number of nitrogens with two attached hydrogens (primary N) is 1. The van der Waals surface area contributed by atoms with Crippen molar-refractivity contribution in [2.24, 2.45) is 5.73 Å². The molecule has 106 valence electrons. The van der Waals surface area contributed by atoms with E-state index in [-0.39, 0.29) is 5.15 Å². The predicted molar refractivity (Wildman–Crippen MR) is 76.9 cm³/mol. The average molecular weight is 294 g/mol. The Morgan fingerprint density at radius 3 is 2.80 bits per heavy atom. The van der Waals surface area contributed by atoms with Gasteiger partial charge in [-0.05, 0) is 12.5 Å². The topological polar surface area (TPSA) is 75.3 Å². The Morgan fingerprint density at radius 2 is 2.10 bits per heavy atom. The number of amides is 1. The number of primary amides is 1. The molecule has 1 saturated heterocycles. The molecular formula is C13H16ClN5O. The summed E-state index contributed by atoms with van der Waals surface area (Å²) in [7, 11) is 0. The number of halogens is 1. The van der Waals surface area contributed by atoms with Crippen molar-refractivity contribution in [3.63, 3.8) is 0 Å². The number of nitrogens with zero attached hydrogens (tertiary/aromatic N) is 4. The first-order chi connectivity index (χ1) is 9.65. The van der Waals surface area contributed by atoms with E-state index < -0.39 is 5.91 Å². The van der Waals surface area contributed by atoms with E-state index in [1.165, 1.54) is 6.07 Å². The number of rotatable bonds is 3. The second-order valence-electron chi connectivity index (χ2n) is 5.08. The van der Waals surface area contributed by atoms with Crippen LogP contribution in [0.15, 0.2) is 18.2 Å². The van der Waals surface area contributed by atoms with E-state index in [0.717, 1.165) is 32.6 Å². The van der Waals surface area contributed by atoms with Gasteiger partial charge < -0.3 is 10.6 Å². The molecule has 2 N–H and O–H groups in total. The number of hydrogen-bond donors (Lipinski definition) is 1. The van der Waals surface area contributed by atoms with Gasteiger partial charge in [-0.3, -0.25) is 9.69 Å². The van der Waals surface area contributed by atoms with Gasteiger partial charge in [0.1, 0.15) is 0 Å². The SMILES string of the molecule is NC(=O)c1cc(Cl)nnc1N1CCC(N2CC=CC2)C1. The first-order valence-corrected chi connectivity index (χ1v) is 7.00. The van der Waals surface area contributed by atoms with Crippen LogP contribution in [0.2, 0.25) is 5.15 Å². The normalized spacial score (nSPS) is 22.6. The Morgan fingerprint density at radius 1 is 1.35 bits per heavy atom. The van der Waals surface area contributed by atoms with Gasteiger partial charge in [-0.15, -0.1) is 10.2 Å². The van der Waals surface area contributed by atoms with E-state index >= 15 is 0 Å². The van der Waals surface area contributed by atoms with Gasteiger partial charge in [-0.2, -0.15) is 0 Å². The van der Waals surface area contributed by atoms with Crippen LogP contribution in [0.25, 0.3) is 0 Å². The molecule has 7 heteroatoms. The first kappa shape index (κ1) is 13.3. The molecule has 1 fully saturated rings. The number of anilines is 1. The molecule has 20 heavy (non-hydrogen) atoms. The van der Waals surface area contributed by atoms with Crippen LogP contribution in [-0.4, -0.2) is 53.2 Å². The van der Waals surface area contributed by atoms with Crippen LogP contribution in [0.1, 0.15) is 16.8 Å². The summed E-state index contributed by atoms with van der Waals surface area (Å²) >= 11 is 5.78. The molecule has 1 atom stereocenters. The molecule has 3 rings (SSSR count). The Kier molecular flexibility index (Phi) is 3.58. The third-order valence-electron chi connectivity index (χ3n) is 3.84. The lowest BCUT2D eigenvalue weighted by molar-refractivity contribution is 0.100. The third kappa shape index (κ3) is 2.48. The van der Waals surface area contributed by atoms with Crippen LogP contribution in [-0.2, 0) is 0 Å². The van der Waals surface area contributed by atoms with E-state index in [4.69, 9.17) is 17.3 Å². The quantitative estimate of drug-likeness (QED) is 0.830. The first-order valence-electron chi connectivity index (χ1n) is 6.62. The molecule has 1 aromatic rings. The number of aromatic nitrogens is 2. The Balaban J connectivity index is 1.79. The summed E-state index contributed by atoms with van der Waals surface area (Å²) in [5.41, 5.74) is 5.73. The molecule has 3 heterocycles. The maximum atomic E-state index is 11.5. The number of hydrogen-bond acceptors (Lipinski definition) is 5. The lowest BCUT2D eigenvalue weighted by atomic mass is 10.2. The van der Waals surface area contributed by atoms with Gasteiger partial charge in [0.05, 0.1) is 5.56 Å². The molecule has 2 aliphatic heterocycles. The molecule has 0 bridgehead atoms. The minimum absolute atomic E-state index is 0.182. The molecule has 1 unspecified atom stereocenters. The second-order valence-corrected chi connectivity index (χ2v) is 5.47. The summed E-state index contributed by atoms with van der Waals surface area (Å²) in [5.74, 6) is 0.0136. The molecule has 1 aromatic heterocycles. The highest BCUT2D eigenvalue weighted by Gasteiger charge is 2.30. The van der Waals surface area contributed by atoms with Gasteiger partial charge >= 0.3 is 0 Å². The van der Waals surface area contributed by atoms with Crippen LogP contribution in [0.5, 0.6) is 0 Å². The zero-order valence-corrected chi connectivity index (χ0v) is 11.8. The molecule has 2 aliphatic rings. The van der Waals surface area contributed by atoms with Crippen molar-refractivity contribution < 1.29 is 4.79 Å². The summed E-state index contributed by atoms with van der Waals surface area (Å²) in [6.07, 6.45) is 5.41. The van der Waals surface area contributed by atoms with E-state index in [1.54, 1.807) is 0 Å². The minimum Gasteiger partial charge on any atom is -0.365 e. The summed E-state index contributed by atoms with van der Waals surface area (Å²) in [6, 6.07) is 1.96. The Hall–Kier alpha value is -1.66. The van der Waals surface area contributed by atoms with Crippen LogP contribution >= 0.6 is 11.6 Å². The van der Waals surface area contributed by atoms with Gasteiger partial charge in [0.2, 0.25) is 0 Å². The monoisotopic (exact) mass is 293 g/mol. The summed E-state index contributed by atoms with van der Waals surface area (Å²) in [6.45, 7) is 3.66. The Labute approximate surface area is 122 Å². The smallest absolute Gasteiger partial charge is 0.252 e. The summed E-state index contributed by atoms with van der Waals surface area (Å²) in [5, 5.41) is 8.06. The van der Waals surface area contributed by atoms with E-state index in [2.05, 4.69) is 32.1 Å². The molecule has 0 saturated carbocycles. The fourth-order valence-corrected chi connectivity index (χ4v) is 2.95. The van der Waals surface area contributed by atoms with Crippen molar-refractivity contribution >= 4 is 23.3 Å². The van der Waals surface area contributed by atoms with Gasteiger partial charge in [-0.25, -0.2) is 0 Å². The van der Waals surface area contributed by atoms with Gasteiger partial charge in [0.15, 0.2) is 11.0 Å². The molecule has 0 radical (unpaired) electrons. The highest BCUT2D eigenvalue weighted by molar-refractivity contribution is 6.29. The number of carbonyl (C=O) groups is 1. The van der Waals surface area contributed by atoms with E-state index in [1.807, 2.05) is 0 Å². The molecular weight excluding hydrogens is 278 g/mol. The van der Waals surface area contributed by atoms with Crippen LogP contribution in [0.4, 0.5) is 5.82 Å². The van der Waals surface area contributed by atoms with Crippen LogP contribution < -0.4 is 10.6 Å². The van der Waals surface area contributed by atoms with Crippen LogP contribution in [0.3, 0.4) is 0 Å². The largest absolute Gasteiger partial charge is 0.365 e. The predicted octanol–water partition coefficient (Wildman–Crippen LogP) is 0.679. The minimum atomic E-state index is -0.525. The Bertz CT molecular complexity index is 554. The molecule has 0 aliphatic carbocycles. The van der Waals surface area contributed by atoms with E-state index in [0.29, 0.717) is 17.4 Å².